The fourth-order valence-corrected chi connectivity index (χ4v) is 8.33. The van der Waals surface area contributed by atoms with Gasteiger partial charge in [0.1, 0.15) is 39.9 Å². The van der Waals surface area contributed by atoms with Crippen LogP contribution in [0, 0.1) is 0 Å². The summed E-state index contributed by atoms with van der Waals surface area (Å²) >= 11 is 0. The van der Waals surface area contributed by atoms with Gasteiger partial charge in [-0.2, -0.15) is 0 Å². The molecule has 1 unspecified atom stereocenters. The van der Waals surface area contributed by atoms with Gasteiger partial charge in [0.05, 0.1) is 17.5 Å². The molecular weight excluding hydrogens is 837 g/mol. The first-order valence-electron chi connectivity index (χ1n) is 21.2. The number of rotatable bonds is 13. The van der Waals surface area contributed by atoms with Crippen molar-refractivity contribution in [1.29, 1.82) is 0 Å². The van der Waals surface area contributed by atoms with Crippen molar-refractivity contribution in [3.8, 4) is 34.5 Å². The van der Waals surface area contributed by atoms with Crippen molar-refractivity contribution in [3.63, 3.8) is 0 Å². The van der Waals surface area contributed by atoms with Crippen molar-refractivity contribution >= 4 is 35.4 Å². The number of fused-ring (bicyclic) bond motifs is 2. The zero-order valence-corrected chi connectivity index (χ0v) is 36.0. The number of para-hydroxylation sites is 2. The largest absolute Gasteiger partial charge is 0.457 e. The summed E-state index contributed by atoms with van der Waals surface area (Å²) in [5.41, 5.74) is 4.27. The molecule has 0 fully saturated rings. The lowest BCUT2D eigenvalue weighted by Crippen LogP contribution is -2.22. The summed E-state index contributed by atoms with van der Waals surface area (Å²) in [7, 11) is 0. The van der Waals surface area contributed by atoms with E-state index in [1.54, 1.807) is 66.7 Å². The number of hydrogen-bond acceptors (Lipinski definition) is 11. The molecule has 9 rings (SSSR count). The third-order valence-corrected chi connectivity index (χ3v) is 11.8. The van der Waals surface area contributed by atoms with Crippen LogP contribution in [0.1, 0.15) is 118 Å². The molecule has 0 amide bonds. The monoisotopic (exact) mass is 876 g/mol. The second-order valence-corrected chi connectivity index (χ2v) is 16.5. The van der Waals surface area contributed by atoms with Crippen molar-refractivity contribution in [2.75, 3.05) is 0 Å². The molecule has 1 aliphatic heterocycles. The first kappa shape index (κ1) is 42.8. The predicted octanol–water partition coefficient (Wildman–Crippen LogP) is 11.5. The molecule has 2 aliphatic rings. The van der Waals surface area contributed by atoms with Gasteiger partial charge in [0, 0.05) is 16.5 Å². The maximum atomic E-state index is 13.4. The Bertz CT molecular complexity index is 3090. The van der Waals surface area contributed by atoms with Crippen LogP contribution in [0.5, 0.6) is 34.5 Å². The van der Waals surface area contributed by atoms with E-state index in [0.717, 1.165) is 22.3 Å². The van der Waals surface area contributed by atoms with Crippen LogP contribution in [-0.4, -0.2) is 35.4 Å². The van der Waals surface area contributed by atoms with Gasteiger partial charge in [0.15, 0.2) is 17.3 Å². The summed E-state index contributed by atoms with van der Waals surface area (Å²) in [5.74, 6) is -1.67. The van der Waals surface area contributed by atoms with E-state index in [-0.39, 0.29) is 63.2 Å². The highest BCUT2D eigenvalue weighted by molar-refractivity contribution is 6.24. The molecule has 0 saturated carbocycles. The molecule has 11 heteroatoms. The average molecular weight is 877 g/mol. The number of ether oxygens (including phenoxy) is 5. The molecule has 7 aromatic rings. The van der Waals surface area contributed by atoms with Crippen molar-refractivity contribution in [2.24, 2.45) is 0 Å². The molecule has 0 N–H and O–H groups in total. The molecule has 1 heterocycles. The van der Waals surface area contributed by atoms with E-state index in [0.29, 0.717) is 35.0 Å². The minimum atomic E-state index is -0.916. The second kappa shape index (κ2) is 17.6. The van der Waals surface area contributed by atoms with Crippen molar-refractivity contribution in [2.45, 2.75) is 44.9 Å². The second-order valence-electron chi connectivity index (χ2n) is 16.5. The zero-order valence-electron chi connectivity index (χ0n) is 36.0. The Morgan fingerprint density at radius 3 is 1.97 bits per heavy atom. The van der Waals surface area contributed by atoms with Gasteiger partial charge in [-0.15, -0.1) is 0 Å². The lowest BCUT2D eigenvalue weighted by Gasteiger charge is -2.31. The molecule has 7 aromatic carbocycles. The van der Waals surface area contributed by atoms with Gasteiger partial charge in [0.2, 0.25) is 0 Å². The van der Waals surface area contributed by atoms with E-state index < -0.39 is 29.3 Å². The third-order valence-electron chi connectivity index (χ3n) is 11.8. The summed E-state index contributed by atoms with van der Waals surface area (Å²) in [5, 5.41) is 0. The van der Waals surface area contributed by atoms with Crippen molar-refractivity contribution in [1.82, 2.24) is 0 Å². The highest BCUT2D eigenvalue weighted by atomic mass is 16.6. The number of carbonyl (C=O) groups excluding carboxylic acids is 6. The quantitative estimate of drug-likeness (QED) is 0.0619. The number of hydrogen-bond donors (Lipinski definition) is 0. The smallest absolute Gasteiger partial charge is 0.350 e. The Balaban J connectivity index is 0.896. The fourth-order valence-electron chi connectivity index (χ4n) is 8.33. The predicted molar refractivity (Wildman–Crippen MR) is 242 cm³/mol. The molecule has 0 spiro atoms. The van der Waals surface area contributed by atoms with Gasteiger partial charge in [-0.1, -0.05) is 93.6 Å². The molecule has 1 aliphatic carbocycles. The van der Waals surface area contributed by atoms with E-state index in [4.69, 9.17) is 23.7 Å². The van der Waals surface area contributed by atoms with E-state index in [1.165, 1.54) is 30.3 Å². The topological polar surface area (TPSA) is 149 Å². The Morgan fingerprint density at radius 1 is 0.591 bits per heavy atom. The minimum Gasteiger partial charge on any atom is -0.457 e. The number of benzene rings is 7. The summed E-state index contributed by atoms with van der Waals surface area (Å²) in [6.07, 6.45) is 0.465. The molecule has 11 nitrogen and oxygen atoms in total. The van der Waals surface area contributed by atoms with Crippen molar-refractivity contribution < 1.29 is 52.5 Å². The lowest BCUT2D eigenvalue weighted by molar-refractivity contribution is 0.0441. The number of cyclic esters (lactones) is 2. The molecule has 0 aromatic heterocycles. The van der Waals surface area contributed by atoms with Crippen LogP contribution in [0.3, 0.4) is 0 Å². The summed E-state index contributed by atoms with van der Waals surface area (Å²) < 4.78 is 28.6. The number of ketones is 2. The minimum absolute atomic E-state index is 0.00677. The van der Waals surface area contributed by atoms with Gasteiger partial charge < -0.3 is 23.7 Å². The van der Waals surface area contributed by atoms with Crippen LogP contribution in [0.15, 0.2) is 158 Å². The first-order valence-corrected chi connectivity index (χ1v) is 21.2. The van der Waals surface area contributed by atoms with Crippen molar-refractivity contribution in [3.05, 3.63) is 213 Å². The maximum absolute atomic E-state index is 13.4. The highest BCUT2D eigenvalue weighted by Gasteiger charge is 2.37. The highest BCUT2D eigenvalue weighted by Crippen LogP contribution is 2.41. The molecule has 0 radical (unpaired) electrons. The van der Waals surface area contributed by atoms with Crippen LogP contribution < -0.4 is 18.9 Å². The maximum Gasteiger partial charge on any atom is 0.350 e. The normalized spacial score (nSPS) is 13.4. The zero-order chi connectivity index (χ0) is 46.1. The third kappa shape index (κ3) is 8.49. The average Bonchev–Trinajstić information content (AvgIpc) is 3.79. The SMILES string of the molecule is CC(Cc1ccccc1Oc1ccc(OC(=O)c2ccc3c(c2)C(=O)CC3=O)cc1)c1ccccc1C(C)(C)c1ccc(Oc2c(C(=O)Oc3ccccc3)ccc3c2C(=O)OC3=O)cc1. The van der Waals surface area contributed by atoms with Crippen LogP contribution in [0.2, 0.25) is 0 Å². The Morgan fingerprint density at radius 2 is 1.20 bits per heavy atom. The molecular formula is C55H40O11. The molecule has 0 saturated heterocycles. The summed E-state index contributed by atoms with van der Waals surface area (Å²) in [6.45, 7) is 6.46. The van der Waals surface area contributed by atoms with E-state index in [1.807, 2.05) is 48.5 Å². The summed E-state index contributed by atoms with van der Waals surface area (Å²) in [6, 6.07) is 45.8. The molecule has 1 atom stereocenters. The Kier molecular flexibility index (Phi) is 11.4. The van der Waals surface area contributed by atoms with Gasteiger partial charge in [-0.05, 0) is 120 Å². The Hall–Kier alpha value is -8.44. The number of Topliss-reactive ketones (excluding diaryl/α,β-unsaturated/α-hetero) is 2. The van der Waals surface area contributed by atoms with Crippen LogP contribution in [-0.2, 0) is 16.6 Å². The van der Waals surface area contributed by atoms with E-state index in [2.05, 4.69) is 32.9 Å². The lowest BCUT2D eigenvalue weighted by atomic mass is 9.73. The van der Waals surface area contributed by atoms with E-state index >= 15 is 0 Å². The summed E-state index contributed by atoms with van der Waals surface area (Å²) in [4.78, 5) is 75.9. The first-order chi connectivity index (χ1) is 31.8. The standard InChI is InChI=1S/C55H40O11/c1-32(29-33-11-7-10-16-48(33)62-37-22-24-39(25-23-37)64-51(58)34-17-26-41-44(30-34)47(57)31-46(41)56)40-14-8-9-15-45(40)55(2,3)35-18-20-38(21-19-35)63-50-43(53(60)65-36-12-5-4-6-13-36)28-27-42-49(50)54(61)66-52(42)59/h4-28,30,32H,29,31H2,1-3H3. The molecule has 66 heavy (non-hydrogen) atoms. The van der Waals surface area contributed by atoms with Crippen LogP contribution in [0.25, 0.3) is 0 Å². The van der Waals surface area contributed by atoms with Gasteiger partial charge in [-0.25, -0.2) is 19.2 Å². The number of esters is 4. The van der Waals surface area contributed by atoms with Gasteiger partial charge >= 0.3 is 23.9 Å². The molecule has 326 valence electrons. The Labute approximate surface area is 379 Å². The van der Waals surface area contributed by atoms with Gasteiger partial charge in [0.25, 0.3) is 0 Å². The van der Waals surface area contributed by atoms with Crippen LogP contribution >= 0.6 is 0 Å². The van der Waals surface area contributed by atoms with Gasteiger partial charge in [-0.3, -0.25) is 9.59 Å². The number of carbonyl (C=O) groups is 6. The fraction of sp³-hybridized carbons (Fsp3) is 0.127. The van der Waals surface area contributed by atoms with Crippen LogP contribution in [0.4, 0.5) is 0 Å². The van der Waals surface area contributed by atoms with E-state index in [9.17, 15) is 28.8 Å². The molecule has 0 bridgehead atoms.